The van der Waals surface area contributed by atoms with Crippen LogP contribution in [-0.2, 0) is 0 Å². The second-order valence-electron chi connectivity index (χ2n) is 1.19. The summed E-state index contributed by atoms with van der Waals surface area (Å²) in [6, 6.07) is 1.98. The first-order valence-electron chi connectivity index (χ1n) is 1.99. The van der Waals surface area contributed by atoms with Crippen molar-refractivity contribution in [2.24, 2.45) is 0 Å². The van der Waals surface area contributed by atoms with Crippen molar-refractivity contribution in [3.05, 3.63) is 35.0 Å². The molecule has 0 aliphatic heterocycles. The molecule has 0 saturated carbocycles. The summed E-state index contributed by atoms with van der Waals surface area (Å²) in [5.41, 5.74) is 1.09. The van der Waals surface area contributed by atoms with E-state index in [1.807, 2.05) is 16.8 Å². The predicted molar refractivity (Wildman–Crippen MR) is 32.3 cm³/mol. The Morgan fingerprint density at radius 2 is 2.57 bits per heavy atom. The van der Waals surface area contributed by atoms with Gasteiger partial charge in [-0.25, -0.2) is 0 Å². The summed E-state index contributed by atoms with van der Waals surface area (Å²) < 4.78 is 0. The van der Waals surface area contributed by atoms with E-state index in [0.29, 0.717) is 0 Å². The van der Waals surface area contributed by atoms with E-state index in [1.54, 1.807) is 11.3 Å². The van der Waals surface area contributed by atoms with Crippen LogP contribution in [0.5, 0.6) is 0 Å². The van der Waals surface area contributed by atoms with Gasteiger partial charge in [-0.1, -0.05) is 6.58 Å². The van der Waals surface area contributed by atoms with Gasteiger partial charge in [0.1, 0.15) is 0 Å². The molecule has 1 heteroatoms. The van der Waals surface area contributed by atoms with Crippen LogP contribution in [0.15, 0.2) is 23.4 Å². The molecule has 0 bridgehead atoms. The monoisotopic (exact) mass is 109 g/mol. The van der Waals surface area contributed by atoms with Crippen molar-refractivity contribution in [2.75, 3.05) is 0 Å². The van der Waals surface area contributed by atoms with E-state index in [-0.39, 0.29) is 0 Å². The lowest BCUT2D eigenvalue weighted by Crippen LogP contribution is -1.54. The molecule has 0 aliphatic rings. The second kappa shape index (κ2) is 1.94. The van der Waals surface area contributed by atoms with Crippen molar-refractivity contribution in [1.82, 2.24) is 0 Å². The van der Waals surface area contributed by atoms with Gasteiger partial charge in [-0.2, -0.15) is 11.3 Å². The van der Waals surface area contributed by atoms with Crippen molar-refractivity contribution in [3.8, 4) is 0 Å². The van der Waals surface area contributed by atoms with Crippen LogP contribution in [0, 0.1) is 6.08 Å². The van der Waals surface area contributed by atoms with Crippen molar-refractivity contribution < 1.29 is 0 Å². The average molecular weight is 109 g/mol. The molecule has 0 saturated heterocycles. The minimum absolute atomic E-state index is 1.09. The van der Waals surface area contributed by atoms with E-state index in [1.165, 1.54) is 0 Å². The first kappa shape index (κ1) is 4.60. The lowest BCUT2D eigenvalue weighted by molar-refractivity contribution is 1.73. The molecule has 0 amide bonds. The molecule has 0 atom stereocenters. The van der Waals surface area contributed by atoms with Gasteiger partial charge in [0, 0.05) is 0 Å². The summed E-state index contributed by atoms with van der Waals surface area (Å²) in [6.07, 6.45) is 2.77. The highest BCUT2D eigenvalue weighted by Gasteiger charge is 1.79. The normalized spacial score (nSPS) is 8.57. The molecule has 1 aromatic heterocycles. The van der Waals surface area contributed by atoms with Crippen LogP contribution < -0.4 is 0 Å². The summed E-state index contributed by atoms with van der Waals surface area (Å²) >= 11 is 1.66. The molecule has 0 nitrogen and oxygen atoms in total. The first-order chi connectivity index (χ1) is 3.43. The highest BCUT2D eigenvalue weighted by atomic mass is 32.1. The highest BCUT2D eigenvalue weighted by molar-refractivity contribution is 7.08. The Hall–Kier alpha value is -0.560. The van der Waals surface area contributed by atoms with Gasteiger partial charge < -0.3 is 0 Å². The van der Waals surface area contributed by atoms with Crippen molar-refractivity contribution in [2.45, 2.75) is 0 Å². The van der Waals surface area contributed by atoms with Gasteiger partial charge in [-0.3, -0.25) is 0 Å². The molecular formula is C6H5S. The molecule has 1 rings (SSSR count). The Morgan fingerprint density at radius 3 is 2.86 bits per heavy atom. The fraction of sp³-hybridized carbons (Fsp3) is 0. The zero-order chi connectivity index (χ0) is 5.11. The van der Waals surface area contributed by atoms with E-state index >= 15 is 0 Å². The molecule has 0 N–H and O–H groups in total. The number of thiophene rings is 1. The summed E-state index contributed by atoms with van der Waals surface area (Å²) in [6.45, 7) is 3.48. The zero-order valence-electron chi connectivity index (χ0n) is 3.85. The fourth-order valence-corrected chi connectivity index (χ4v) is 0.977. The van der Waals surface area contributed by atoms with Crippen LogP contribution in [0.25, 0.3) is 0 Å². The van der Waals surface area contributed by atoms with Crippen LogP contribution in [0.1, 0.15) is 5.56 Å². The summed E-state index contributed by atoms with van der Waals surface area (Å²) in [5, 5.41) is 4.01. The van der Waals surface area contributed by atoms with Crippen molar-refractivity contribution >= 4 is 11.3 Å². The second-order valence-corrected chi connectivity index (χ2v) is 1.97. The van der Waals surface area contributed by atoms with Crippen LogP contribution in [0.3, 0.4) is 0 Å². The fourth-order valence-electron chi connectivity index (χ4n) is 0.365. The van der Waals surface area contributed by atoms with E-state index in [9.17, 15) is 0 Å². The Kier molecular flexibility index (Phi) is 1.27. The lowest BCUT2D eigenvalue weighted by Gasteiger charge is -1.69. The summed E-state index contributed by atoms with van der Waals surface area (Å²) in [7, 11) is 0. The molecule has 1 heterocycles. The van der Waals surface area contributed by atoms with Gasteiger partial charge in [0.25, 0.3) is 0 Å². The van der Waals surface area contributed by atoms with Crippen molar-refractivity contribution in [3.63, 3.8) is 0 Å². The lowest BCUT2D eigenvalue weighted by atomic mass is 10.3. The van der Waals surface area contributed by atoms with Gasteiger partial charge in [-0.15, -0.1) is 0 Å². The first-order valence-corrected chi connectivity index (χ1v) is 2.93. The molecule has 0 spiro atoms. The van der Waals surface area contributed by atoms with Gasteiger partial charge in [-0.05, 0) is 28.5 Å². The Balaban J connectivity index is 2.96. The Morgan fingerprint density at radius 1 is 1.71 bits per heavy atom. The van der Waals surface area contributed by atoms with Gasteiger partial charge in [0.15, 0.2) is 0 Å². The minimum Gasteiger partial charge on any atom is -0.152 e. The Bertz CT molecular complexity index is 139. The molecule has 0 aromatic carbocycles. The van der Waals surface area contributed by atoms with Gasteiger partial charge in [0.2, 0.25) is 0 Å². The van der Waals surface area contributed by atoms with Gasteiger partial charge >= 0.3 is 0 Å². The van der Waals surface area contributed by atoms with E-state index in [2.05, 4.69) is 12.7 Å². The SMILES string of the molecule is C=[C]c1ccsc1. The van der Waals surface area contributed by atoms with Gasteiger partial charge in [0.05, 0.1) is 0 Å². The maximum Gasteiger partial charge on any atom is -0.00147 e. The number of hydrogen-bond acceptors (Lipinski definition) is 1. The van der Waals surface area contributed by atoms with Crippen LogP contribution >= 0.6 is 11.3 Å². The third kappa shape index (κ3) is 0.904. The quantitative estimate of drug-likeness (QED) is 0.518. The van der Waals surface area contributed by atoms with Crippen LogP contribution in [-0.4, -0.2) is 0 Å². The summed E-state index contributed by atoms with van der Waals surface area (Å²) in [5.74, 6) is 0. The smallest absolute Gasteiger partial charge is 0.00147 e. The van der Waals surface area contributed by atoms with Crippen LogP contribution in [0.2, 0.25) is 0 Å². The van der Waals surface area contributed by atoms with Crippen molar-refractivity contribution in [1.29, 1.82) is 0 Å². The molecule has 1 radical (unpaired) electrons. The maximum absolute atomic E-state index is 3.48. The standard InChI is InChI=1S/C6H5S/c1-2-6-3-4-7-5-6/h3-5H,1H2. The van der Waals surface area contributed by atoms with E-state index in [0.717, 1.165) is 5.56 Å². The molecule has 35 valence electrons. The minimum atomic E-state index is 1.09. The number of rotatable bonds is 1. The predicted octanol–water partition coefficient (Wildman–Crippen LogP) is 2.09. The molecular weight excluding hydrogens is 104 g/mol. The van der Waals surface area contributed by atoms with Crippen LogP contribution in [0.4, 0.5) is 0 Å². The molecule has 0 fully saturated rings. The zero-order valence-corrected chi connectivity index (χ0v) is 4.66. The molecule has 7 heavy (non-hydrogen) atoms. The maximum atomic E-state index is 3.48. The summed E-state index contributed by atoms with van der Waals surface area (Å²) in [4.78, 5) is 0. The highest BCUT2D eigenvalue weighted by Crippen LogP contribution is 2.03. The molecule has 1 aromatic rings. The molecule has 0 aliphatic carbocycles. The van der Waals surface area contributed by atoms with E-state index < -0.39 is 0 Å². The average Bonchev–Trinajstić information content (AvgIpc) is 2.14. The Labute approximate surface area is 47.1 Å². The topological polar surface area (TPSA) is 0 Å². The number of hydrogen-bond donors (Lipinski definition) is 0. The third-order valence-electron chi connectivity index (χ3n) is 0.725. The largest absolute Gasteiger partial charge is 0.152 e. The molecule has 0 unspecified atom stereocenters. The third-order valence-corrected chi connectivity index (χ3v) is 1.41. The van der Waals surface area contributed by atoms with E-state index in [4.69, 9.17) is 0 Å².